The van der Waals surface area contributed by atoms with Crippen LogP contribution >= 0.6 is 11.6 Å². The number of amides is 1. The Labute approximate surface area is 127 Å². The summed E-state index contributed by atoms with van der Waals surface area (Å²) in [6.45, 7) is 4.30. The summed E-state index contributed by atoms with van der Waals surface area (Å²) < 4.78 is 14.8. The average molecular weight is 311 g/mol. The largest absolute Gasteiger partial charge is 0.349 e. The molecular formula is C14H16ClFN4O. The Kier molecular flexibility index (Phi) is 4.90. The predicted octanol–water partition coefficient (Wildman–Crippen LogP) is 2.51. The van der Waals surface area contributed by atoms with Crippen molar-refractivity contribution < 1.29 is 9.18 Å². The maximum Gasteiger partial charge on any atom is 0.224 e. The van der Waals surface area contributed by atoms with Crippen LogP contribution in [-0.4, -0.2) is 20.7 Å². The molecule has 0 atom stereocenters. The zero-order valence-electron chi connectivity index (χ0n) is 11.8. The van der Waals surface area contributed by atoms with E-state index < -0.39 is 5.82 Å². The molecule has 0 bridgehead atoms. The van der Waals surface area contributed by atoms with E-state index in [2.05, 4.69) is 15.5 Å². The van der Waals surface area contributed by atoms with Crippen LogP contribution in [0.3, 0.4) is 0 Å². The summed E-state index contributed by atoms with van der Waals surface area (Å²) in [5.41, 5.74) is 0.584. The molecule has 2 aromatic rings. The van der Waals surface area contributed by atoms with Gasteiger partial charge in [0, 0.05) is 11.1 Å². The van der Waals surface area contributed by atoms with E-state index >= 15 is 0 Å². The van der Waals surface area contributed by atoms with E-state index in [1.54, 1.807) is 6.33 Å². The highest BCUT2D eigenvalue weighted by molar-refractivity contribution is 6.31. The highest BCUT2D eigenvalue weighted by Crippen LogP contribution is 2.17. The van der Waals surface area contributed by atoms with Crippen molar-refractivity contribution in [3.63, 3.8) is 0 Å². The minimum Gasteiger partial charge on any atom is -0.349 e. The average Bonchev–Trinajstić information content (AvgIpc) is 2.88. The van der Waals surface area contributed by atoms with Crippen molar-refractivity contribution in [2.24, 2.45) is 0 Å². The van der Waals surface area contributed by atoms with Crippen molar-refractivity contribution in [3.05, 3.63) is 46.8 Å². The fourth-order valence-electron chi connectivity index (χ4n) is 1.90. The fourth-order valence-corrected chi connectivity index (χ4v) is 2.14. The van der Waals surface area contributed by atoms with Crippen molar-refractivity contribution in [2.45, 2.75) is 32.9 Å². The smallest absolute Gasteiger partial charge is 0.224 e. The Morgan fingerprint density at radius 2 is 2.24 bits per heavy atom. The number of rotatable bonds is 5. The first kappa shape index (κ1) is 15.4. The fraction of sp³-hybridized carbons (Fsp3) is 0.357. The molecule has 21 heavy (non-hydrogen) atoms. The van der Waals surface area contributed by atoms with E-state index in [1.165, 1.54) is 18.2 Å². The van der Waals surface area contributed by atoms with Crippen LogP contribution in [0.2, 0.25) is 5.02 Å². The second-order valence-electron chi connectivity index (χ2n) is 4.94. The third-order valence-corrected chi connectivity index (χ3v) is 3.37. The molecule has 112 valence electrons. The summed E-state index contributed by atoms with van der Waals surface area (Å²) >= 11 is 5.89. The predicted molar refractivity (Wildman–Crippen MR) is 77.4 cm³/mol. The standard InChI is InChI=1S/C14H16ClFN4O/c1-9(2)20-8-18-19-13(20)7-17-14(21)5-10-3-4-11(16)6-12(10)15/h3-4,6,8-9H,5,7H2,1-2H3,(H,17,21). The number of nitrogens with one attached hydrogen (secondary N) is 1. The van der Waals surface area contributed by atoms with Gasteiger partial charge in [-0.05, 0) is 31.5 Å². The first-order valence-corrected chi connectivity index (χ1v) is 6.94. The molecule has 0 saturated heterocycles. The van der Waals surface area contributed by atoms with Gasteiger partial charge in [0.05, 0.1) is 13.0 Å². The highest BCUT2D eigenvalue weighted by atomic mass is 35.5. The Bertz CT molecular complexity index is 642. The van der Waals surface area contributed by atoms with Crippen LogP contribution in [0.15, 0.2) is 24.5 Å². The van der Waals surface area contributed by atoms with Gasteiger partial charge in [-0.15, -0.1) is 10.2 Å². The molecule has 1 heterocycles. The molecule has 0 aliphatic rings. The van der Waals surface area contributed by atoms with Crippen molar-refractivity contribution in [1.82, 2.24) is 20.1 Å². The van der Waals surface area contributed by atoms with Crippen molar-refractivity contribution in [2.75, 3.05) is 0 Å². The molecule has 0 aliphatic heterocycles. The van der Waals surface area contributed by atoms with Crippen molar-refractivity contribution in [3.8, 4) is 0 Å². The maximum atomic E-state index is 12.9. The van der Waals surface area contributed by atoms with Gasteiger partial charge in [0.1, 0.15) is 12.1 Å². The number of halogens is 2. The van der Waals surface area contributed by atoms with E-state index in [9.17, 15) is 9.18 Å². The number of carbonyl (C=O) groups is 1. The Hall–Kier alpha value is -1.95. The van der Waals surface area contributed by atoms with Gasteiger partial charge in [0.2, 0.25) is 5.91 Å². The molecular weight excluding hydrogens is 295 g/mol. The van der Waals surface area contributed by atoms with Gasteiger partial charge < -0.3 is 9.88 Å². The normalized spacial score (nSPS) is 10.9. The molecule has 7 heteroatoms. The number of hydrogen-bond acceptors (Lipinski definition) is 3. The van der Waals surface area contributed by atoms with E-state index in [4.69, 9.17) is 11.6 Å². The number of nitrogens with zero attached hydrogens (tertiary/aromatic N) is 3. The minimum atomic E-state index is -0.422. The molecule has 0 unspecified atom stereocenters. The Balaban J connectivity index is 1.94. The third-order valence-electron chi connectivity index (χ3n) is 3.01. The Morgan fingerprint density at radius 1 is 1.48 bits per heavy atom. The number of carbonyl (C=O) groups excluding carboxylic acids is 1. The monoisotopic (exact) mass is 310 g/mol. The quantitative estimate of drug-likeness (QED) is 0.923. The number of benzene rings is 1. The molecule has 0 aliphatic carbocycles. The summed E-state index contributed by atoms with van der Waals surface area (Å²) in [6.07, 6.45) is 1.72. The van der Waals surface area contributed by atoms with Gasteiger partial charge in [-0.3, -0.25) is 4.79 Å². The van der Waals surface area contributed by atoms with Crippen LogP contribution in [0.5, 0.6) is 0 Å². The van der Waals surface area contributed by atoms with Crippen LogP contribution in [0.1, 0.15) is 31.3 Å². The van der Waals surface area contributed by atoms with Crippen molar-refractivity contribution >= 4 is 17.5 Å². The molecule has 0 saturated carbocycles. The van der Waals surface area contributed by atoms with E-state index in [-0.39, 0.29) is 29.9 Å². The summed E-state index contributed by atoms with van der Waals surface area (Å²) in [5, 5.41) is 10.8. The molecule has 2 rings (SSSR count). The van der Waals surface area contributed by atoms with Gasteiger partial charge in [0.25, 0.3) is 0 Å². The summed E-state index contributed by atoms with van der Waals surface area (Å²) in [7, 11) is 0. The van der Waals surface area contributed by atoms with Crippen LogP contribution in [-0.2, 0) is 17.8 Å². The zero-order valence-corrected chi connectivity index (χ0v) is 12.6. The molecule has 1 N–H and O–H groups in total. The van der Waals surface area contributed by atoms with Gasteiger partial charge in [-0.2, -0.15) is 0 Å². The third kappa shape index (κ3) is 4.01. The van der Waals surface area contributed by atoms with Crippen LogP contribution < -0.4 is 5.32 Å². The van der Waals surface area contributed by atoms with Gasteiger partial charge in [-0.1, -0.05) is 17.7 Å². The van der Waals surface area contributed by atoms with Gasteiger partial charge in [0.15, 0.2) is 5.82 Å². The Morgan fingerprint density at radius 3 is 2.90 bits per heavy atom. The molecule has 1 aromatic carbocycles. The first-order valence-electron chi connectivity index (χ1n) is 6.56. The highest BCUT2D eigenvalue weighted by Gasteiger charge is 2.11. The second-order valence-corrected chi connectivity index (χ2v) is 5.34. The van der Waals surface area contributed by atoms with E-state index in [0.717, 1.165) is 0 Å². The summed E-state index contributed by atoms with van der Waals surface area (Å²) in [5.74, 6) is 0.0551. The molecule has 1 aromatic heterocycles. The second kappa shape index (κ2) is 6.67. The lowest BCUT2D eigenvalue weighted by Crippen LogP contribution is -2.26. The van der Waals surface area contributed by atoms with Crippen LogP contribution in [0.25, 0.3) is 0 Å². The van der Waals surface area contributed by atoms with E-state index in [1.807, 2.05) is 18.4 Å². The molecule has 0 fully saturated rings. The molecule has 0 spiro atoms. The lowest BCUT2D eigenvalue weighted by molar-refractivity contribution is -0.120. The lowest BCUT2D eigenvalue weighted by atomic mass is 10.1. The van der Waals surface area contributed by atoms with Crippen LogP contribution in [0, 0.1) is 5.82 Å². The zero-order chi connectivity index (χ0) is 15.4. The summed E-state index contributed by atoms with van der Waals surface area (Å²) in [4.78, 5) is 11.9. The lowest BCUT2D eigenvalue weighted by Gasteiger charge is -2.11. The van der Waals surface area contributed by atoms with Crippen molar-refractivity contribution in [1.29, 1.82) is 0 Å². The number of hydrogen-bond donors (Lipinski definition) is 1. The number of aromatic nitrogens is 3. The summed E-state index contributed by atoms with van der Waals surface area (Å²) in [6, 6.07) is 4.20. The molecule has 1 amide bonds. The molecule has 0 radical (unpaired) electrons. The SMILES string of the molecule is CC(C)n1cnnc1CNC(=O)Cc1ccc(F)cc1Cl. The van der Waals surface area contributed by atoms with Crippen LogP contribution in [0.4, 0.5) is 4.39 Å². The molecule has 5 nitrogen and oxygen atoms in total. The maximum absolute atomic E-state index is 12.9. The topological polar surface area (TPSA) is 59.8 Å². The minimum absolute atomic E-state index is 0.0922. The first-order chi connectivity index (χ1) is 9.97. The van der Waals surface area contributed by atoms with Gasteiger partial charge >= 0.3 is 0 Å². The van der Waals surface area contributed by atoms with E-state index in [0.29, 0.717) is 11.4 Å². The van der Waals surface area contributed by atoms with Gasteiger partial charge in [-0.25, -0.2) is 4.39 Å².